The average molecular weight is 360 g/mol. The Labute approximate surface area is 152 Å². The van der Waals surface area contributed by atoms with E-state index in [0.717, 1.165) is 12.0 Å². The van der Waals surface area contributed by atoms with Gasteiger partial charge >= 0.3 is 5.97 Å². The van der Waals surface area contributed by atoms with Crippen molar-refractivity contribution >= 4 is 5.97 Å². The second-order valence-electron chi connectivity index (χ2n) is 6.37. The molecule has 0 aliphatic heterocycles. The Morgan fingerprint density at radius 3 is 2.54 bits per heavy atom. The van der Waals surface area contributed by atoms with E-state index >= 15 is 0 Å². The predicted octanol–water partition coefficient (Wildman–Crippen LogP) is 3.50. The van der Waals surface area contributed by atoms with E-state index in [2.05, 4.69) is 13.8 Å². The number of carbonyl (C=O) groups excluding carboxylic acids is 1. The molecule has 0 radical (unpaired) electrons. The molecule has 0 atom stereocenters. The van der Waals surface area contributed by atoms with E-state index in [1.54, 1.807) is 12.1 Å². The van der Waals surface area contributed by atoms with E-state index in [1.807, 2.05) is 19.1 Å². The van der Waals surface area contributed by atoms with Gasteiger partial charge in [0, 0.05) is 6.07 Å². The van der Waals surface area contributed by atoms with Gasteiger partial charge in [-0.05, 0) is 31.4 Å². The number of hydrogen-bond acceptors (Lipinski definition) is 6. The van der Waals surface area contributed by atoms with Crippen LogP contribution in [0.1, 0.15) is 31.6 Å². The Hall–Kier alpha value is -2.76. The van der Waals surface area contributed by atoms with Gasteiger partial charge in [-0.3, -0.25) is 4.79 Å². The summed E-state index contributed by atoms with van der Waals surface area (Å²) in [7, 11) is 0. The van der Waals surface area contributed by atoms with Gasteiger partial charge in [0.15, 0.2) is 6.61 Å². The first-order valence-electron chi connectivity index (χ1n) is 8.53. The number of aryl methyl sites for hydroxylation is 1. The average Bonchev–Trinajstić information content (AvgIpc) is 2.61. The maximum absolute atomic E-state index is 11.9. The highest BCUT2D eigenvalue weighted by atomic mass is 16.6. The number of benzene rings is 1. The van der Waals surface area contributed by atoms with E-state index in [0.29, 0.717) is 18.3 Å². The van der Waals surface area contributed by atoms with Crippen LogP contribution in [0, 0.1) is 12.8 Å². The molecule has 0 aliphatic rings. The minimum atomic E-state index is -0.550. The third-order valence-corrected chi connectivity index (χ3v) is 3.56. The molecule has 2 rings (SSSR count). The molecule has 0 unspecified atom stereocenters. The van der Waals surface area contributed by atoms with Gasteiger partial charge < -0.3 is 18.6 Å². The lowest BCUT2D eigenvalue weighted by Gasteiger charge is -2.08. The molecule has 0 amide bonds. The number of hydrogen-bond donors (Lipinski definition) is 0. The van der Waals surface area contributed by atoms with E-state index in [4.69, 9.17) is 18.6 Å². The smallest absolute Gasteiger partial charge is 0.344 e. The third-order valence-electron chi connectivity index (χ3n) is 3.56. The Bertz CT molecular complexity index is 761. The van der Waals surface area contributed by atoms with E-state index in [9.17, 15) is 9.59 Å². The van der Waals surface area contributed by atoms with E-state index in [1.165, 1.54) is 12.3 Å². The van der Waals surface area contributed by atoms with Crippen LogP contribution in [0.5, 0.6) is 11.5 Å². The van der Waals surface area contributed by atoms with Gasteiger partial charge in [-0.1, -0.05) is 31.5 Å². The summed E-state index contributed by atoms with van der Waals surface area (Å²) in [6, 6.07) is 8.60. The summed E-state index contributed by atoms with van der Waals surface area (Å²) in [6.45, 7) is 6.21. The maximum Gasteiger partial charge on any atom is 0.344 e. The van der Waals surface area contributed by atoms with Gasteiger partial charge in [0.1, 0.15) is 24.4 Å². The van der Waals surface area contributed by atoms with Gasteiger partial charge in [-0.25, -0.2) is 4.79 Å². The van der Waals surface area contributed by atoms with Crippen LogP contribution in [-0.2, 0) is 16.1 Å². The minimum absolute atomic E-state index is 0.141. The van der Waals surface area contributed by atoms with E-state index < -0.39 is 5.97 Å². The van der Waals surface area contributed by atoms with Crippen molar-refractivity contribution < 1.29 is 23.4 Å². The van der Waals surface area contributed by atoms with Crippen molar-refractivity contribution in [2.45, 2.75) is 33.8 Å². The van der Waals surface area contributed by atoms with Crippen LogP contribution < -0.4 is 14.9 Å². The largest absolute Gasteiger partial charge is 0.487 e. The van der Waals surface area contributed by atoms with Crippen molar-refractivity contribution in [3.63, 3.8) is 0 Å². The lowest BCUT2D eigenvalue weighted by atomic mass is 10.1. The Balaban J connectivity index is 1.77. The van der Waals surface area contributed by atoms with Crippen molar-refractivity contribution in [3.05, 3.63) is 58.1 Å². The second-order valence-corrected chi connectivity index (χ2v) is 6.37. The lowest BCUT2D eigenvalue weighted by Crippen LogP contribution is -2.15. The first-order chi connectivity index (χ1) is 12.4. The zero-order valence-corrected chi connectivity index (χ0v) is 15.3. The van der Waals surface area contributed by atoms with Crippen LogP contribution in [0.4, 0.5) is 0 Å². The molecule has 0 aliphatic carbocycles. The molecule has 0 fully saturated rings. The van der Waals surface area contributed by atoms with Gasteiger partial charge in [-0.15, -0.1) is 0 Å². The molecule has 0 saturated heterocycles. The van der Waals surface area contributed by atoms with Crippen molar-refractivity contribution in [3.8, 4) is 11.5 Å². The summed E-state index contributed by atoms with van der Waals surface area (Å²) in [5, 5.41) is 0. The zero-order chi connectivity index (χ0) is 18.9. The number of rotatable bonds is 9. The molecular weight excluding hydrogens is 336 g/mol. The molecule has 1 aromatic carbocycles. The second kappa shape index (κ2) is 9.65. The Morgan fingerprint density at radius 1 is 1.15 bits per heavy atom. The standard InChI is InChI=1S/C20H24O6/c1-14(2)8-9-23-19-12-24-17(10-18(19)21)11-26-20(22)13-25-16-6-4-15(3)5-7-16/h4-7,10,12,14H,8-9,11,13H2,1-3H3. The van der Waals surface area contributed by atoms with Crippen LogP contribution in [0.2, 0.25) is 0 Å². The molecule has 6 heteroatoms. The molecule has 2 aromatic rings. The fourth-order valence-corrected chi connectivity index (χ4v) is 1.99. The SMILES string of the molecule is Cc1ccc(OCC(=O)OCc2cc(=O)c(OCCC(C)C)co2)cc1. The molecule has 0 N–H and O–H groups in total. The van der Waals surface area contributed by atoms with Crippen molar-refractivity contribution in [1.82, 2.24) is 0 Å². The monoisotopic (exact) mass is 360 g/mol. The topological polar surface area (TPSA) is 75.0 Å². The van der Waals surface area contributed by atoms with Crippen LogP contribution >= 0.6 is 0 Å². The number of carbonyl (C=O) groups is 1. The molecule has 6 nitrogen and oxygen atoms in total. The zero-order valence-electron chi connectivity index (χ0n) is 15.3. The van der Waals surface area contributed by atoms with Gasteiger partial charge in [0.25, 0.3) is 0 Å². The highest BCUT2D eigenvalue weighted by molar-refractivity contribution is 5.71. The third kappa shape index (κ3) is 6.63. The summed E-state index contributed by atoms with van der Waals surface area (Å²) in [5.41, 5.74) is 0.800. The number of esters is 1. The normalized spacial score (nSPS) is 10.6. The molecule has 1 aromatic heterocycles. The van der Waals surface area contributed by atoms with Crippen molar-refractivity contribution in [1.29, 1.82) is 0 Å². The van der Waals surface area contributed by atoms with E-state index in [-0.39, 0.29) is 30.2 Å². The maximum atomic E-state index is 11.9. The summed E-state index contributed by atoms with van der Waals surface area (Å²) in [6.07, 6.45) is 2.09. The van der Waals surface area contributed by atoms with Crippen LogP contribution in [0.25, 0.3) is 0 Å². The van der Waals surface area contributed by atoms with Crippen LogP contribution in [0.3, 0.4) is 0 Å². The fourth-order valence-electron chi connectivity index (χ4n) is 1.99. The highest BCUT2D eigenvalue weighted by Gasteiger charge is 2.09. The summed E-state index contributed by atoms with van der Waals surface area (Å²) >= 11 is 0. The van der Waals surface area contributed by atoms with Crippen LogP contribution in [-0.4, -0.2) is 19.2 Å². The molecule has 1 heterocycles. The molecule has 0 spiro atoms. The fraction of sp³-hybridized carbons (Fsp3) is 0.400. The number of ether oxygens (including phenoxy) is 3. The lowest BCUT2D eigenvalue weighted by molar-refractivity contribution is -0.147. The predicted molar refractivity (Wildman–Crippen MR) is 96.4 cm³/mol. The molecular formula is C20H24O6. The summed E-state index contributed by atoms with van der Waals surface area (Å²) in [5.74, 6) is 0.925. The first-order valence-corrected chi connectivity index (χ1v) is 8.53. The quantitative estimate of drug-likeness (QED) is 0.637. The van der Waals surface area contributed by atoms with Gasteiger partial charge in [0.05, 0.1) is 6.61 Å². The Morgan fingerprint density at radius 2 is 1.88 bits per heavy atom. The van der Waals surface area contributed by atoms with Crippen molar-refractivity contribution in [2.24, 2.45) is 5.92 Å². The highest BCUT2D eigenvalue weighted by Crippen LogP contribution is 2.12. The molecule has 140 valence electrons. The summed E-state index contributed by atoms with van der Waals surface area (Å²) < 4.78 is 21.0. The molecule has 26 heavy (non-hydrogen) atoms. The van der Waals surface area contributed by atoms with Crippen molar-refractivity contribution in [2.75, 3.05) is 13.2 Å². The Kier molecular flexibility index (Phi) is 7.26. The van der Waals surface area contributed by atoms with Gasteiger partial charge in [-0.2, -0.15) is 0 Å². The van der Waals surface area contributed by atoms with Gasteiger partial charge in [0.2, 0.25) is 11.2 Å². The molecule has 0 bridgehead atoms. The summed E-state index contributed by atoms with van der Waals surface area (Å²) in [4.78, 5) is 23.7. The molecule has 0 saturated carbocycles. The first kappa shape index (κ1) is 19.6. The van der Waals surface area contributed by atoms with Crippen LogP contribution in [0.15, 0.2) is 45.8 Å². The minimum Gasteiger partial charge on any atom is -0.487 e.